The molecule has 0 aliphatic heterocycles. The Hall–Kier alpha value is -2.11. The second kappa shape index (κ2) is 2.44. The average Bonchev–Trinajstić information content (AvgIpc) is 2.45. The number of nitrogens with two attached hydrogens (primary N) is 1. The maximum atomic E-state index is 10.6. The molecule has 0 amide bonds. The van der Waals surface area contributed by atoms with Crippen LogP contribution in [0.25, 0.3) is 11.1 Å². The van der Waals surface area contributed by atoms with E-state index in [0.29, 0.717) is 5.39 Å². The maximum Gasteiger partial charge on any atom is 0.374 e. The molecule has 66 valence electrons. The highest BCUT2D eigenvalue weighted by Gasteiger charge is 2.17. The van der Waals surface area contributed by atoms with Crippen LogP contribution in [0.1, 0.15) is 10.6 Å². The first kappa shape index (κ1) is 7.53. The number of hydrogen-bond acceptors (Lipinski definition) is 5. The van der Waals surface area contributed by atoms with Gasteiger partial charge in [-0.15, -0.1) is 0 Å². The summed E-state index contributed by atoms with van der Waals surface area (Å²) in [6.07, 6.45) is 2.67. The lowest BCUT2D eigenvalue weighted by atomic mass is 10.3. The van der Waals surface area contributed by atoms with Gasteiger partial charge in [-0.05, 0) is 0 Å². The first-order valence-corrected chi connectivity index (χ1v) is 3.41. The monoisotopic (exact) mass is 179 g/mol. The first-order chi connectivity index (χ1) is 6.20. The molecule has 3 N–H and O–H groups in total. The van der Waals surface area contributed by atoms with Gasteiger partial charge in [0, 0.05) is 6.20 Å². The highest BCUT2D eigenvalue weighted by atomic mass is 16.4. The summed E-state index contributed by atoms with van der Waals surface area (Å²) in [7, 11) is 0. The van der Waals surface area contributed by atoms with Crippen LogP contribution >= 0.6 is 0 Å². The fourth-order valence-corrected chi connectivity index (χ4v) is 1.02. The molecule has 0 atom stereocenters. The molecule has 13 heavy (non-hydrogen) atoms. The fraction of sp³-hybridized carbons (Fsp3) is 0. The highest BCUT2D eigenvalue weighted by molar-refractivity contribution is 6.01. The van der Waals surface area contributed by atoms with Gasteiger partial charge in [0.25, 0.3) is 0 Å². The minimum absolute atomic E-state index is 0.0584. The third-order valence-corrected chi connectivity index (χ3v) is 1.60. The Kier molecular flexibility index (Phi) is 1.42. The lowest BCUT2D eigenvalue weighted by Gasteiger charge is -1.86. The topological polar surface area (TPSA) is 102 Å². The Morgan fingerprint density at radius 1 is 1.62 bits per heavy atom. The summed E-state index contributed by atoms with van der Waals surface area (Å²) in [6.45, 7) is 0. The van der Waals surface area contributed by atoms with Gasteiger partial charge in [-0.1, -0.05) is 0 Å². The van der Waals surface area contributed by atoms with Crippen molar-refractivity contribution in [2.24, 2.45) is 0 Å². The Morgan fingerprint density at radius 2 is 2.38 bits per heavy atom. The Balaban J connectivity index is 2.81. The molecule has 0 bridgehead atoms. The largest absolute Gasteiger partial charge is 0.475 e. The predicted molar refractivity (Wildman–Crippen MR) is 43.2 cm³/mol. The molecule has 0 saturated carbocycles. The van der Waals surface area contributed by atoms with Gasteiger partial charge in [-0.3, -0.25) is 0 Å². The molecular weight excluding hydrogens is 174 g/mol. The summed E-state index contributed by atoms with van der Waals surface area (Å²) < 4.78 is 4.88. The molecule has 0 saturated heterocycles. The summed E-state index contributed by atoms with van der Waals surface area (Å²) in [6, 6.07) is 0. The molecule has 0 spiro atoms. The summed E-state index contributed by atoms with van der Waals surface area (Å²) in [5.74, 6) is -1.51. The molecule has 0 unspecified atom stereocenters. The number of rotatable bonds is 1. The summed E-state index contributed by atoms with van der Waals surface area (Å²) in [5.41, 5.74) is 5.73. The van der Waals surface area contributed by atoms with Gasteiger partial charge in [-0.2, -0.15) is 0 Å². The van der Waals surface area contributed by atoms with Crippen molar-refractivity contribution in [3.8, 4) is 0 Å². The maximum absolute atomic E-state index is 10.6. The number of fused-ring (bicyclic) bond motifs is 1. The van der Waals surface area contributed by atoms with Crippen LogP contribution in [0.4, 0.5) is 5.69 Å². The Bertz CT molecular complexity index is 477. The van der Waals surface area contributed by atoms with Gasteiger partial charge in [0.1, 0.15) is 6.33 Å². The van der Waals surface area contributed by atoms with Gasteiger partial charge in [-0.25, -0.2) is 14.8 Å². The van der Waals surface area contributed by atoms with Gasteiger partial charge in [0.05, 0.1) is 11.1 Å². The second-order valence-corrected chi connectivity index (χ2v) is 2.39. The van der Waals surface area contributed by atoms with Crippen molar-refractivity contribution in [2.45, 2.75) is 0 Å². The van der Waals surface area contributed by atoms with Crippen molar-refractivity contribution in [3.05, 3.63) is 18.3 Å². The van der Waals surface area contributed by atoms with Crippen LogP contribution in [-0.2, 0) is 0 Å². The van der Waals surface area contributed by atoms with E-state index in [-0.39, 0.29) is 17.2 Å². The van der Waals surface area contributed by atoms with E-state index in [0.717, 1.165) is 0 Å². The second-order valence-electron chi connectivity index (χ2n) is 2.39. The smallest absolute Gasteiger partial charge is 0.374 e. The standard InChI is InChI=1S/C7H5N3O3/c8-4-3-1-9-2-10-6(3)13-5(4)7(11)12/h1-2H,8H2,(H,11,12). The molecule has 6 heteroatoms. The quantitative estimate of drug-likeness (QED) is 0.660. The van der Waals surface area contributed by atoms with Crippen molar-refractivity contribution in [1.29, 1.82) is 0 Å². The van der Waals surface area contributed by atoms with Crippen LogP contribution in [0.15, 0.2) is 16.9 Å². The molecule has 0 aliphatic rings. The van der Waals surface area contributed by atoms with Gasteiger partial charge < -0.3 is 15.3 Å². The number of carbonyl (C=O) groups is 1. The van der Waals surface area contributed by atoms with E-state index in [4.69, 9.17) is 15.3 Å². The zero-order valence-corrected chi connectivity index (χ0v) is 6.39. The normalized spacial score (nSPS) is 10.5. The number of carboxylic acids is 1. The van der Waals surface area contributed by atoms with Crippen molar-refractivity contribution < 1.29 is 14.3 Å². The van der Waals surface area contributed by atoms with E-state index < -0.39 is 5.97 Å². The molecule has 0 aliphatic carbocycles. The molecule has 6 nitrogen and oxygen atoms in total. The lowest BCUT2D eigenvalue weighted by Crippen LogP contribution is -1.98. The van der Waals surface area contributed by atoms with Crippen LogP contribution in [0.2, 0.25) is 0 Å². The Labute approximate surface area is 72.0 Å². The lowest BCUT2D eigenvalue weighted by molar-refractivity contribution is 0.0666. The fourth-order valence-electron chi connectivity index (χ4n) is 1.02. The molecule has 2 heterocycles. The van der Waals surface area contributed by atoms with Gasteiger partial charge in [0.2, 0.25) is 11.5 Å². The van der Waals surface area contributed by atoms with Crippen LogP contribution in [0, 0.1) is 0 Å². The first-order valence-electron chi connectivity index (χ1n) is 3.41. The third-order valence-electron chi connectivity index (χ3n) is 1.60. The molecule has 0 aromatic carbocycles. The number of nitrogens with zero attached hydrogens (tertiary/aromatic N) is 2. The highest BCUT2D eigenvalue weighted by Crippen LogP contribution is 2.25. The number of hydrogen-bond donors (Lipinski definition) is 2. The van der Waals surface area contributed by atoms with Gasteiger partial charge in [0.15, 0.2) is 0 Å². The molecule has 2 rings (SSSR count). The van der Waals surface area contributed by atoms with Crippen molar-refractivity contribution >= 4 is 22.8 Å². The van der Waals surface area contributed by atoms with Crippen molar-refractivity contribution in [3.63, 3.8) is 0 Å². The summed E-state index contributed by atoms with van der Waals surface area (Å²) >= 11 is 0. The van der Waals surface area contributed by atoms with E-state index >= 15 is 0 Å². The van der Waals surface area contributed by atoms with Crippen molar-refractivity contribution in [2.75, 3.05) is 5.73 Å². The van der Waals surface area contributed by atoms with Crippen LogP contribution in [-0.4, -0.2) is 21.0 Å². The summed E-state index contributed by atoms with van der Waals surface area (Å²) in [4.78, 5) is 18.0. The molecule has 0 radical (unpaired) electrons. The van der Waals surface area contributed by atoms with Gasteiger partial charge >= 0.3 is 5.97 Å². The van der Waals surface area contributed by atoms with Crippen LogP contribution in [0.5, 0.6) is 0 Å². The van der Waals surface area contributed by atoms with E-state index in [9.17, 15) is 4.79 Å². The average molecular weight is 179 g/mol. The number of furan rings is 1. The van der Waals surface area contributed by atoms with E-state index in [1.165, 1.54) is 12.5 Å². The molecule has 0 fully saturated rings. The van der Waals surface area contributed by atoms with E-state index in [1.54, 1.807) is 0 Å². The van der Waals surface area contributed by atoms with Crippen LogP contribution < -0.4 is 5.73 Å². The van der Waals surface area contributed by atoms with Crippen molar-refractivity contribution in [1.82, 2.24) is 9.97 Å². The molecule has 2 aromatic rings. The van der Waals surface area contributed by atoms with E-state index in [1.807, 2.05) is 0 Å². The predicted octanol–water partition coefficient (Wildman–Crippen LogP) is 0.503. The minimum atomic E-state index is -1.21. The Morgan fingerprint density at radius 3 is 3.00 bits per heavy atom. The zero-order valence-electron chi connectivity index (χ0n) is 6.39. The molecule has 2 aromatic heterocycles. The number of aromatic nitrogens is 2. The third kappa shape index (κ3) is 0.994. The zero-order chi connectivity index (χ0) is 9.42. The van der Waals surface area contributed by atoms with E-state index in [2.05, 4.69) is 9.97 Å². The minimum Gasteiger partial charge on any atom is -0.475 e. The number of aromatic carboxylic acids is 1. The molecular formula is C7H5N3O3. The number of nitrogen functional groups attached to an aromatic ring is 1. The number of carboxylic acid groups (broad SMARTS) is 1. The number of anilines is 1. The van der Waals surface area contributed by atoms with Crippen LogP contribution in [0.3, 0.4) is 0 Å². The SMILES string of the molecule is Nc1c(C(=O)O)oc2ncncc12. The summed E-state index contributed by atoms with van der Waals surface area (Å²) in [5, 5.41) is 9.06.